The molecule has 3 heterocycles. The predicted molar refractivity (Wildman–Crippen MR) is 106 cm³/mol. The first-order valence-corrected chi connectivity index (χ1v) is 9.70. The lowest BCUT2D eigenvalue weighted by atomic mass is 10.0. The van der Waals surface area contributed by atoms with Crippen LogP contribution in [0.1, 0.15) is 22.4 Å². The van der Waals surface area contributed by atoms with Crippen LogP contribution in [-0.4, -0.2) is 28.0 Å². The lowest BCUT2D eigenvalue weighted by Gasteiger charge is -2.28. The summed E-state index contributed by atoms with van der Waals surface area (Å²) >= 11 is 5.99. The van der Waals surface area contributed by atoms with Gasteiger partial charge in [-0.3, -0.25) is 4.90 Å². The van der Waals surface area contributed by atoms with Crippen molar-refractivity contribution in [2.45, 2.75) is 25.9 Å². The molecule has 2 aliphatic heterocycles. The van der Waals surface area contributed by atoms with Crippen LogP contribution in [0, 0.1) is 0 Å². The number of hydrogen-bond donors (Lipinski definition) is 0. The van der Waals surface area contributed by atoms with Gasteiger partial charge in [-0.15, -0.1) is 0 Å². The third-order valence-electron chi connectivity index (χ3n) is 5.29. The van der Waals surface area contributed by atoms with Crippen LogP contribution in [0.3, 0.4) is 0 Å². The summed E-state index contributed by atoms with van der Waals surface area (Å²) in [5.74, 6) is 1.81. The third-order valence-corrected chi connectivity index (χ3v) is 5.54. The van der Waals surface area contributed by atoms with E-state index < -0.39 is 0 Å². The number of rotatable bonds is 3. The Hall–Kier alpha value is -2.43. The van der Waals surface area contributed by atoms with Crippen LogP contribution in [0.25, 0.3) is 11.4 Å². The van der Waals surface area contributed by atoms with Crippen LogP contribution in [0.2, 0.25) is 5.02 Å². The Balaban J connectivity index is 1.35. The molecule has 0 amide bonds. The minimum atomic E-state index is 0.725. The van der Waals surface area contributed by atoms with Gasteiger partial charge in [0.05, 0.1) is 12.3 Å². The summed E-state index contributed by atoms with van der Waals surface area (Å²) in [5, 5.41) is 0.725. The molecule has 3 aromatic rings. The van der Waals surface area contributed by atoms with Crippen LogP contribution in [0.4, 0.5) is 0 Å². The molecular formula is C22H20ClN3O. The molecule has 136 valence electrons. The fourth-order valence-corrected chi connectivity index (χ4v) is 3.95. The van der Waals surface area contributed by atoms with E-state index in [9.17, 15) is 0 Å². The maximum Gasteiger partial charge on any atom is 0.159 e. The van der Waals surface area contributed by atoms with Crippen LogP contribution >= 0.6 is 11.6 Å². The van der Waals surface area contributed by atoms with Crippen LogP contribution in [0.15, 0.2) is 48.7 Å². The van der Waals surface area contributed by atoms with E-state index in [0.29, 0.717) is 0 Å². The molecular weight excluding hydrogens is 358 g/mol. The molecule has 0 saturated heterocycles. The molecule has 1 aromatic heterocycles. The smallest absolute Gasteiger partial charge is 0.159 e. The van der Waals surface area contributed by atoms with Gasteiger partial charge in [0.25, 0.3) is 0 Å². The quantitative estimate of drug-likeness (QED) is 0.682. The molecule has 0 atom stereocenters. The Morgan fingerprint density at radius 1 is 1.04 bits per heavy atom. The molecule has 0 spiro atoms. The van der Waals surface area contributed by atoms with Crippen molar-refractivity contribution in [2.24, 2.45) is 0 Å². The summed E-state index contributed by atoms with van der Waals surface area (Å²) in [5.41, 5.74) is 6.06. The maximum atomic E-state index is 5.99. The summed E-state index contributed by atoms with van der Waals surface area (Å²) in [7, 11) is 0. The van der Waals surface area contributed by atoms with E-state index in [4.69, 9.17) is 21.3 Å². The number of fused-ring (bicyclic) bond motifs is 2. The van der Waals surface area contributed by atoms with E-state index in [0.717, 1.165) is 66.9 Å². The number of nitrogens with zero attached hydrogens (tertiary/aromatic N) is 3. The molecule has 2 aromatic carbocycles. The van der Waals surface area contributed by atoms with Gasteiger partial charge in [0.2, 0.25) is 0 Å². The molecule has 0 N–H and O–H groups in total. The molecule has 0 saturated carbocycles. The van der Waals surface area contributed by atoms with E-state index in [-0.39, 0.29) is 0 Å². The molecule has 0 fully saturated rings. The predicted octanol–water partition coefficient (Wildman–Crippen LogP) is 4.29. The molecule has 5 heteroatoms. The molecule has 2 aliphatic rings. The molecule has 27 heavy (non-hydrogen) atoms. The van der Waals surface area contributed by atoms with Gasteiger partial charge in [-0.25, -0.2) is 9.97 Å². The first-order chi connectivity index (χ1) is 13.2. The number of benzene rings is 2. The van der Waals surface area contributed by atoms with Crippen molar-refractivity contribution in [3.63, 3.8) is 0 Å². The molecule has 5 rings (SSSR count). The molecule has 0 unspecified atom stereocenters. The second-order valence-corrected chi connectivity index (χ2v) is 7.61. The van der Waals surface area contributed by atoms with Gasteiger partial charge in [0.15, 0.2) is 5.82 Å². The number of aromatic nitrogens is 2. The van der Waals surface area contributed by atoms with Gasteiger partial charge in [0, 0.05) is 42.8 Å². The lowest BCUT2D eigenvalue weighted by molar-refractivity contribution is 0.241. The highest BCUT2D eigenvalue weighted by atomic mass is 35.5. The van der Waals surface area contributed by atoms with E-state index in [1.165, 1.54) is 16.7 Å². The van der Waals surface area contributed by atoms with Crippen LogP contribution < -0.4 is 4.74 Å². The summed E-state index contributed by atoms with van der Waals surface area (Å²) in [6.45, 7) is 3.63. The summed E-state index contributed by atoms with van der Waals surface area (Å²) < 4.78 is 5.61. The topological polar surface area (TPSA) is 38.2 Å². The first kappa shape index (κ1) is 16.7. The zero-order valence-electron chi connectivity index (χ0n) is 15.0. The summed E-state index contributed by atoms with van der Waals surface area (Å²) in [4.78, 5) is 11.9. The van der Waals surface area contributed by atoms with Crippen molar-refractivity contribution >= 4 is 11.6 Å². The minimum absolute atomic E-state index is 0.725. The zero-order valence-corrected chi connectivity index (χ0v) is 15.7. The molecule has 0 aliphatic carbocycles. The number of hydrogen-bond acceptors (Lipinski definition) is 4. The van der Waals surface area contributed by atoms with E-state index >= 15 is 0 Å². The fourth-order valence-electron chi connectivity index (χ4n) is 3.83. The maximum absolute atomic E-state index is 5.99. The minimum Gasteiger partial charge on any atom is -0.493 e. The number of ether oxygens (including phenoxy) is 1. The third kappa shape index (κ3) is 3.43. The first-order valence-electron chi connectivity index (χ1n) is 9.32. The van der Waals surface area contributed by atoms with Gasteiger partial charge < -0.3 is 4.74 Å². The molecule has 0 radical (unpaired) electrons. The van der Waals surface area contributed by atoms with Gasteiger partial charge in [-0.1, -0.05) is 23.7 Å². The lowest BCUT2D eigenvalue weighted by Crippen LogP contribution is -2.31. The van der Waals surface area contributed by atoms with Crippen molar-refractivity contribution in [3.8, 4) is 17.1 Å². The van der Waals surface area contributed by atoms with Crippen LogP contribution in [-0.2, 0) is 25.9 Å². The van der Waals surface area contributed by atoms with E-state index in [2.05, 4.69) is 28.1 Å². The number of halogens is 1. The standard InChI is InChI=1S/C22H20ClN3O/c23-19-4-2-16(3-5-19)22-24-12-18-7-9-26(14-20(18)25-22)13-15-1-6-21-17(11-15)8-10-27-21/h1-6,11-12H,7-10,13-14H2. The zero-order chi connectivity index (χ0) is 18.2. The average molecular weight is 378 g/mol. The largest absolute Gasteiger partial charge is 0.493 e. The fraction of sp³-hybridized carbons (Fsp3) is 0.273. The van der Waals surface area contributed by atoms with Crippen molar-refractivity contribution in [2.75, 3.05) is 13.2 Å². The monoisotopic (exact) mass is 377 g/mol. The summed E-state index contributed by atoms with van der Waals surface area (Å²) in [6, 6.07) is 14.3. The molecule has 4 nitrogen and oxygen atoms in total. The Morgan fingerprint density at radius 2 is 1.93 bits per heavy atom. The Bertz CT molecular complexity index is 987. The second-order valence-electron chi connectivity index (χ2n) is 7.17. The SMILES string of the molecule is Clc1ccc(-c2ncc3c(n2)CN(Cc2ccc4c(c2)CCO4)CC3)cc1. The second kappa shape index (κ2) is 6.95. The van der Waals surface area contributed by atoms with Gasteiger partial charge in [0.1, 0.15) is 5.75 Å². The normalized spacial score (nSPS) is 15.9. The average Bonchev–Trinajstić information content (AvgIpc) is 3.16. The van der Waals surface area contributed by atoms with Crippen molar-refractivity contribution < 1.29 is 4.74 Å². The highest BCUT2D eigenvalue weighted by Gasteiger charge is 2.20. The Morgan fingerprint density at radius 3 is 2.81 bits per heavy atom. The van der Waals surface area contributed by atoms with Crippen molar-refractivity contribution in [1.29, 1.82) is 0 Å². The van der Waals surface area contributed by atoms with Gasteiger partial charge >= 0.3 is 0 Å². The van der Waals surface area contributed by atoms with E-state index in [1.54, 1.807) is 0 Å². The van der Waals surface area contributed by atoms with Crippen LogP contribution in [0.5, 0.6) is 5.75 Å². The van der Waals surface area contributed by atoms with E-state index in [1.807, 2.05) is 30.5 Å². The van der Waals surface area contributed by atoms with Gasteiger partial charge in [-0.2, -0.15) is 0 Å². The van der Waals surface area contributed by atoms with Crippen molar-refractivity contribution in [3.05, 3.63) is 76.1 Å². The Labute approximate surface area is 163 Å². The summed E-state index contributed by atoms with van der Waals surface area (Å²) in [6.07, 6.45) is 3.99. The highest BCUT2D eigenvalue weighted by Crippen LogP contribution is 2.28. The molecule has 0 bridgehead atoms. The highest BCUT2D eigenvalue weighted by molar-refractivity contribution is 6.30. The van der Waals surface area contributed by atoms with Gasteiger partial charge in [-0.05, 0) is 53.4 Å². The Kier molecular flexibility index (Phi) is 4.30. The van der Waals surface area contributed by atoms with Crippen molar-refractivity contribution in [1.82, 2.24) is 14.9 Å².